The van der Waals surface area contributed by atoms with Gasteiger partial charge in [-0.25, -0.2) is 9.18 Å². The third-order valence-electron chi connectivity index (χ3n) is 3.59. The van der Waals surface area contributed by atoms with Crippen molar-refractivity contribution < 1.29 is 9.18 Å². The number of nitrogens with zero attached hydrogens (tertiary/aromatic N) is 2. The molecule has 0 saturated heterocycles. The molecule has 126 valence electrons. The molecule has 0 aliphatic rings. The van der Waals surface area contributed by atoms with Crippen molar-refractivity contribution in [2.24, 2.45) is 0 Å². The summed E-state index contributed by atoms with van der Waals surface area (Å²) >= 11 is 0. The molecule has 0 unspecified atom stereocenters. The predicted molar refractivity (Wildman–Crippen MR) is 90.4 cm³/mol. The molecule has 6 nitrogen and oxygen atoms in total. The standard InChI is InChI=1S/C18H15FN4O2/c1-11-2-3-14(19)13(8-11)15-9-16(23-18(25)22-15)17(24)21-10-12-4-6-20-7-5-12/h2-9H,10H2,1H3,(H,21,24)(H,22,23,25). The molecule has 25 heavy (non-hydrogen) atoms. The Hall–Kier alpha value is -3.35. The molecule has 0 radical (unpaired) electrons. The van der Waals surface area contributed by atoms with E-state index in [1.165, 1.54) is 12.1 Å². The number of H-pyrrole nitrogens is 1. The summed E-state index contributed by atoms with van der Waals surface area (Å²) in [7, 11) is 0. The van der Waals surface area contributed by atoms with Crippen molar-refractivity contribution in [1.82, 2.24) is 20.3 Å². The quantitative estimate of drug-likeness (QED) is 0.763. The molecule has 0 aliphatic heterocycles. The number of amides is 1. The van der Waals surface area contributed by atoms with Crippen LogP contribution in [0.2, 0.25) is 0 Å². The number of halogens is 1. The van der Waals surface area contributed by atoms with Crippen LogP contribution in [0.15, 0.2) is 53.6 Å². The van der Waals surface area contributed by atoms with Crippen LogP contribution in [0, 0.1) is 12.7 Å². The largest absolute Gasteiger partial charge is 0.347 e. The van der Waals surface area contributed by atoms with Crippen LogP contribution in [-0.2, 0) is 6.54 Å². The van der Waals surface area contributed by atoms with E-state index in [0.29, 0.717) is 0 Å². The number of hydrogen-bond donors (Lipinski definition) is 2. The first kappa shape index (κ1) is 16.5. The number of rotatable bonds is 4. The van der Waals surface area contributed by atoms with Gasteiger partial charge in [0.25, 0.3) is 5.91 Å². The molecule has 7 heteroatoms. The highest BCUT2D eigenvalue weighted by Crippen LogP contribution is 2.21. The molecule has 1 aromatic carbocycles. The molecular formula is C18H15FN4O2. The third-order valence-corrected chi connectivity index (χ3v) is 3.59. The molecule has 1 amide bonds. The number of nitrogens with one attached hydrogen (secondary N) is 2. The van der Waals surface area contributed by atoms with Gasteiger partial charge < -0.3 is 10.3 Å². The number of hydrogen-bond acceptors (Lipinski definition) is 4. The molecule has 0 bridgehead atoms. The van der Waals surface area contributed by atoms with Crippen LogP contribution in [0.3, 0.4) is 0 Å². The van der Waals surface area contributed by atoms with Gasteiger partial charge in [0.2, 0.25) is 0 Å². The van der Waals surface area contributed by atoms with Crippen LogP contribution in [0.5, 0.6) is 0 Å². The molecule has 0 fully saturated rings. The van der Waals surface area contributed by atoms with Crippen LogP contribution >= 0.6 is 0 Å². The minimum Gasteiger partial charge on any atom is -0.347 e. The van der Waals surface area contributed by atoms with Gasteiger partial charge in [-0.2, -0.15) is 4.98 Å². The average Bonchev–Trinajstić information content (AvgIpc) is 2.62. The lowest BCUT2D eigenvalue weighted by molar-refractivity contribution is 0.0945. The normalized spacial score (nSPS) is 10.5. The van der Waals surface area contributed by atoms with Crippen LogP contribution in [0.1, 0.15) is 21.6 Å². The van der Waals surface area contributed by atoms with Crippen molar-refractivity contribution in [1.29, 1.82) is 0 Å². The maximum absolute atomic E-state index is 14.0. The first-order chi connectivity index (χ1) is 12.0. The van der Waals surface area contributed by atoms with Gasteiger partial charge in [0.15, 0.2) is 0 Å². The van der Waals surface area contributed by atoms with Gasteiger partial charge in [-0.05, 0) is 42.8 Å². The van der Waals surface area contributed by atoms with E-state index >= 15 is 0 Å². The first-order valence-corrected chi connectivity index (χ1v) is 7.58. The monoisotopic (exact) mass is 338 g/mol. The Morgan fingerprint density at radius 1 is 1.20 bits per heavy atom. The van der Waals surface area contributed by atoms with E-state index in [4.69, 9.17) is 0 Å². The first-order valence-electron chi connectivity index (χ1n) is 7.58. The number of carbonyl (C=O) groups excluding carboxylic acids is 1. The fourth-order valence-corrected chi connectivity index (χ4v) is 2.33. The molecule has 3 aromatic rings. The Kier molecular flexibility index (Phi) is 4.65. The van der Waals surface area contributed by atoms with Crippen molar-refractivity contribution in [3.63, 3.8) is 0 Å². The summed E-state index contributed by atoms with van der Waals surface area (Å²) in [6.07, 6.45) is 3.24. The summed E-state index contributed by atoms with van der Waals surface area (Å²) in [4.78, 5) is 34.1. The molecule has 0 atom stereocenters. The predicted octanol–water partition coefficient (Wildman–Crippen LogP) is 2.21. The minimum absolute atomic E-state index is 0.0185. The summed E-state index contributed by atoms with van der Waals surface area (Å²) in [5.74, 6) is -0.988. The molecular weight excluding hydrogens is 323 g/mol. The summed E-state index contributed by atoms with van der Waals surface area (Å²) in [5, 5.41) is 2.69. The van der Waals surface area contributed by atoms with Crippen LogP contribution in [-0.4, -0.2) is 20.9 Å². The number of carbonyl (C=O) groups is 1. The maximum atomic E-state index is 14.0. The van der Waals surface area contributed by atoms with Crippen LogP contribution in [0.25, 0.3) is 11.3 Å². The number of pyridine rings is 1. The van der Waals surface area contributed by atoms with Crippen molar-refractivity contribution in [3.8, 4) is 11.3 Å². The van der Waals surface area contributed by atoms with Crippen LogP contribution < -0.4 is 11.0 Å². The van der Waals surface area contributed by atoms with Gasteiger partial charge in [-0.15, -0.1) is 0 Å². The van der Waals surface area contributed by atoms with E-state index in [0.717, 1.165) is 11.1 Å². The molecule has 2 N–H and O–H groups in total. The number of aryl methyl sites for hydroxylation is 1. The Labute approximate surface area is 142 Å². The highest BCUT2D eigenvalue weighted by Gasteiger charge is 2.13. The highest BCUT2D eigenvalue weighted by atomic mass is 19.1. The molecule has 2 heterocycles. The van der Waals surface area contributed by atoms with Crippen LogP contribution in [0.4, 0.5) is 4.39 Å². The van der Waals surface area contributed by atoms with Gasteiger partial charge in [0.05, 0.1) is 5.69 Å². The zero-order valence-electron chi connectivity index (χ0n) is 13.4. The van der Waals surface area contributed by atoms with Gasteiger partial charge in [-0.3, -0.25) is 9.78 Å². The second-order valence-electron chi connectivity index (χ2n) is 5.51. The number of benzene rings is 1. The highest BCUT2D eigenvalue weighted by molar-refractivity contribution is 5.93. The van der Waals surface area contributed by atoms with E-state index in [9.17, 15) is 14.0 Å². The molecule has 0 aliphatic carbocycles. The maximum Gasteiger partial charge on any atom is 0.346 e. The average molecular weight is 338 g/mol. The second kappa shape index (κ2) is 7.04. The van der Waals surface area contributed by atoms with Crippen molar-refractivity contribution >= 4 is 5.91 Å². The Balaban J connectivity index is 1.87. The Bertz CT molecular complexity index is 970. The zero-order valence-corrected chi connectivity index (χ0v) is 13.4. The van der Waals surface area contributed by atoms with Crippen molar-refractivity contribution in [2.45, 2.75) is 13.5 Å². The summed E-state index contributed by atoms with van der Waals surface area (Å²) < 4.78 is 14.0. The van der Waals surface area contributed by atoms with E-state index < -0.39 is 17.4 Å². The van der Waals surface area contributed by atoms with Crippen molar-refractivity contribution in [3.05, 3.63) is 81.9 Å². The second-order valence-corrected chi connectivity index (χ2v) is 5.51. The molecule has 0 saturated carbocycles. The Morgan fingerprint density at radius 2 is 1.96 bits per heavy atom. The van der Waals surface area contributed by atoms with Crippen molar-refractivity contribution in [2.75, 3.05) is 0 Å². The summed E-state index contributed by atoms with van der Waals surface area (Å²) in [6, 6.07) is 9.40. The molecule has 0 spiro atoms. The van der Waals surface area contributed by atoms with Gasteiger partial charge in [0.1, 0.15) is 11.5 Å². The zero-order chi connectivity index (χ0) is 17.8. The summed E-state index contributed by atoms with van der Waals surface area (Å²) in [6.45, 7) is 2.08. The van der Waals surface area contributed by atoms with Gasteiger partial charge >= 0.3 is 5.69 Å². The summed E-state index contributed by atoms with van der Waals surface area (Å²) in [5.41, 5.74) is 1.28. The third kappa shape index (κ3) is 3.95. The number of aromatic amines is 1. The molecule has 2 aromatic heterocycles. The SMILES string of the molecule is Cc1ccc(F)c(-c2cc(C(=O)NCc3ccncc3)[nH]c(=O)n2)c1. The fraction of sp³-hybridized carbons (Fsp3) is 0.111. The topological polar surface area (TPSA) is 87.7 Å². The lowest BCUT2D eigenvalue weighted by atomic mass is 10.1. The molecule has 3 rings (SSSR count). The van der Waals surface area contributed by atoms with E-state index in [1.54, 1.807) is 43.6 Å². The minimum atomic E-state index is -0.715. The fourth-order valence-electron chi connectivity index (χ4n) is 2.33. The Morgan fingerprint density at radius 3 is 2.72 bits per heavy atom. The van der Waals surface area contributed by atoms with Gasteiger partial charge in [0, 0.05) is 24.5 Å². The van der Waals surface area contributed by atoms with E-state index in [1.807, 2.05) is 0 Å². The smallest absolute Gasteiger partial charge is 0.346 e. The lowest BCUT2D eigenvalue weighted by Gasteiger charge is -2.08. The lowest BCUT2D eigenvalue weighted by Crippen LogP contribution is -2.27. The van der Waals surface area contributed by atoms with Gasteiger partial charge in [-0.1, -0.05) is 11.6 Å². The van der Waals surface area contributed by atoms with E-state index in [2.05, 4.69) is 20.3 Å². The number of aromatic nitrogens is 3. The van der Waals surface area contributed by atoms with E-state index in [-0.39, 0.29) is 23.5 Å².